The maximum Gasteiger partial charge on any atom is 0.191 e. The molecule has 1 rings (SSSR count). The Morgan fingerprint density at radius 3 is 2.44 bits per heavy atom. The third-order valence-corrected chi connectivity index (χ3v) is 3.33. The average Bonchev–Trinajstić information content (AvgIpc) is 3.08. The molecule has 0 heterocycles. The second-order valence-electron chi connectivity index (χ2n) is 5.97. The molecule has 0 bridgehead atoms. The molecule has 1 fully saturated rings. The minimum atomic E-state index is 0. The van der Waals surface area contributed by atoms with E-state index in [9.17, 15) is 0 Å². The molecule has 0 atom stereocenters. The van der Waals surface area contributed by atoms with Crippen molar-refractivity contribution in [2.75, 3.05) is 13.6 Å². The second-order valence-corrected chi connectivity index (χ2v) is 5.97. The number of rotatable bonds is 7. The molecule has 1 aliphatic carbocycles. The fourth-order valence-corrected chi connectivity index (χ4v) is 1.88. The fourth-order valence-electron chi connectivity index (χ4n) is 1.88. The van der Waals surface area contributed by atoms with Gasteiger partial charge in [0.25, 0.3) is 0 Å². The zero-order chi connectivity index (χ0) is 12.7. The van der Waals surface area contributed by atoms with Crippen molar-refractivity contribution in [3.8, 4) is 0 Å². The lowest BCUT2D eigenvalue weighted by molar-refractivity contribution is 0.318. The molecular formula is C14H30IN3. The van der Waals surface area contributed by atoms with Gasteiger partial charge in [-0.2, -0.15) is 0 Å². The number of nitrogens with one attached hydrogen (secondary N) is 2. The first-order chi connectivity index (χ1) is 8.07. The molecule has 0 amide bonds. The van der Waals surface area contributed by atoms with E-state index >= 15 is 0 Å². The number of hydrogen-bond donors (Lipinski definition) is 2. The molecule has 0 aromatic heterocycles. The van der Waals surface area contributed by atoms with Gasteiger partial charge in [0.15, 0.2) is 5.96 Å². The molecule has 0 spiro atoms. The number of nitrogens with zero attached hydrogens (tertiary/aromatic N) is 1. The lowest BCUT2D eigenvalue weighted by atomic mass is 9.87. The molecule has 108 valence electrons. The van der Waals surface area contributed by atoms with Crippen molar-refractivity contribution in [2.24, 2.45) is 10.4 Å². The van der Waals surface area contributed by atoms with Crippen LogP contribution in [0.1, 0.15) is 59.3 Å². The molecule has 0 unspecified atom stereocenters. The average molecular weight is 367 g/mol. The monoisotopic (exact) mass is 367 g/mol. The van der Waals surface area contributed by atoms with Gasteiger partial charge < -0.3 is 10.6 Å². The number of unbranched alkanes of at least 4 members (excludes halogenated alkanes) is 2. The summed E-state index contributed by atoms with van der Waals surface area (Å²) < 4.78 is 0. The predicted octanol–water partition coefficient (Wildman–Crippen LogP) is 3.54. The first-order valence-corrected chi connectivity index (χ1v) is 7.04. The standard InChI is InChI=1S/C14H29N3.HI/c1-5-6-7-10-14(2,3)11-16-13(15-4)17-12-8-9-12;/h12H,5-11H2,1-4H3,(H2,15,16,17);1H. The van der Waals surface area contributed by atoms with E-state index in [1.54, 1.807) is 0 Å². The Kier molecular flexibility index (Phi) is 8.99. The quantitative estimate of drug-likeness (QED) is 0.313. The Labute approximate surface area is 130 Å². The number of guanidine groups is 1. The third kappa shape index (κ3) is 8.16. The van der Waals surface area contributed by atoms with Crippen molar-refractivity contribution >= 4 is 29.9 Å². The highest BCUT2D eigenvalue weighted by atomic mass is 127. The zero-order valence-corrected chi connectivity index (χ0v) is 14.7. The van der Waals surface area contributed by atoms with Gasteiger partial charge in [-0.15, -0.1) is 24.0 Å². The lowest BCUT2D eigenvalue weighted by Crippen LogP contribution is -2.42. The molecule has 0 aromatic rings. The minimum Gasteiger partial charge on any atom is -0.356 e. The van der Waals surface area contributed by atoms with E-state index in [0.29, 0.717) is 11.5 Å². The van der Waals surface area contributed by atoms with Gasteiger partial charge >= 0.3 is 0 Å². The minimum absolute atomic E-state index is 0. The molecular weight excluding hydrogens is 337 g/mol. The molecule has 2 N–H and O–H groups in total. The maximum absolute atomic E-state index is 4.26. The van der Waals surface area contributed by atoms with Gasteiger partial charge in [0.1, 0.15) is 0 Å². The van der Waals surface area contributed by atoms with Crippen LogP contribution in [0.3, 0.4) is 0 Å². The van der Waals surface area contributed by atoms with Crippen LogP contribution in [0.2, 0.25) is 0 Å². The summed E-state index contributed by atoms with van der Waals surface area (Å²) in [6.07, 6.45) is 7.85. The van der Waals surface area contributed by atoms with Gasteiger partial charge in [0.05, 0.1) is 0 Å². The Hall–Kier alpha value is 0. The Morgan fingerprint density at radius 1 is 1.28 bits per heavy atom. The van der Waals surface area contributed by atoms with E-state index in [1.807, 2.05) is 7.05 Å². The first kappa shape index (κ1) is 18.0. The van der Waals surface area contributed by atoms with Crippen LogP contribution < -0.4 is 10.6 Å². The molecule has 3 nitrogen and oxygen atoms in total. The highest BCUT2D eigenvalue weighted by Gasteiger charge is 2.23. The number of halogens is 1. The normalized spacial score (nSPS) is 16.1. The van der Waals surface area contributed by atoms with E-state index in [2.05, 4.69) is 36.4 Å². The van der Waals surface area contributed by atoms with Crippen molar-refractivity contribution < 1.29 is 0 Å². The van der Waals surface area contributed by atoms with Crippen LogP contribution in [0.5, 0.6) is 0 Å². The van der Waals surface area contributed by atoms with Crippen molar-refractivity contribution in [3.63, 3.8) is 0 Å². The van der Waals surface area contributed by atoms with Gasteiger partial charge in [-0.05, 0) is 24.7 Å². The Bertz CT molecular complexity index is 247. The smallest absolute Gasteiger partial charge is 0.191 e. The highest BCUT2D eigenvalue weighted by Crippen LogP contribution is 2.23. The van der Waals surface area contributed by atoms with Crippen LogP contribution in [0.15, 0.2) is 4.99 Å². The molecule has 18 heavy (non-hydrogen) atoms. The molecule has 1 aliphatic rings. The van der Waals surface area contributed by atoms with Crippen molar-refractivity contribution in [2.45, 2.75) is 65.3 Å². The van der Waals surface area contributed by atoms with Crippen LogP contribution >= 0.6 is 24.0 Å². The second kappa shape index (κ2) is 8.99. The topological polar surface area (TPSA) is 36.4 Å². The summed E-state index contributed by atoms with van der Waals surface area (Å²) in [5.74, 6) is 0.969. The van der Waals surface area contributed by atoms with Gasteiger partial charge in [-0.3, -0.25) is 4.99 Å². The SMILES string of the molecule is CCCCCC(C)(C)CNC(=NC)NC1CC1.I. The van der Waals surface area contributed by atoms with Crippen LogP contribution in [-0.2, 0) is 0 Å². The molecule has 4 heteroatoms. The van der Waals surface area contributed by atoms with Crippen LogP contribution in [0, 0.1) is 5.41 Å². The van der Waals surface area contributed by atoms with Crippen LogP contribution in [-0.4, -0.2) is 25.6 Å². The fraction of sp³-hybridized carbons (Fsp3) is 0.929. The highest BCUT2D eigenvalue weighted by molar-refractivity contribution is 14.0. The Morgan fingerprint density at radius 2 is 1.94 bits per heavy atom. The van der Waals surface area contributed by atoms with Gasteiger partial charge in [0, 0.05) is 19.6 Å². The molecule has 0 radical (unpaired) electrons. The molecule has 1 saturated carbocycles. The summed E-state index contributed by atoms with van der Waals surface area (Å²) in [6, 6.07) is 0.671. The summed E-state index contributed by atoms with van der Waals surface area (Å²) in [5.41, 5.74) is 0.357. The zero-order valence-electron chi connectivity index (χ0n) is 12.4. The van der Waals surface area contributed by atoms with E-state index in [1.165, 1.54) is 38.5 Å². The Balaban J connectivity index is 0.00000289. The van der Waals surface area contributed by atoms with Crippen LogP contribution in [0.25, 0.3) is 0 Å². The molecule has 0 aromatic carbocycles. The van der Waals surface area contributed by atoms with E-state index < -0.39 is 0 Å². The third-order valence-electron chi connectivity index (χ3n) is 3.33. The van der Waals surface area contributed by atoms with Crippen molar-refractivity contribution in [1.29, 1.82) is 0 Å². The van der Waals surface area contributed by atoms with Crippen molar-refractivity contribution in [1.82, 2.24) is 10.6 Å². The number of hydrogen-bond acceptors (Lipinski definition) is 1. The summed E-state index contributed by atoms with van der Waals surface area (Å²) in [5, 5.41) is 6.87. The summed E-state index contributed by atoms with van der Waals surface area (Å²) >= 11 is 0. The van der Waals surface area contributed by atoms with E-state index in [-0.39, 0.29) is 24.0 Å². The van der Waals surface area contributed by atoms with Gasteiger partial charge in [-0.1, -0.05) is 40.0 Å². The number of aliphatic imine (C=N–C) groups is 1. The van der Waals surface area contributed by atoms with Crippen molar-refractivity contribution in [3.05, 3.63) is 0 Å². The van der Waals surface area contributed by atoms with Gasteiger partial charge in [-0.25, -0.2) is 0 Å². The molecule has 0 aliphatic heterocycles. The largest absolute Gasteiger partial charge is 0.356 e. The van der Waals surface area contributed by atoms with Crippen LogP contribution in [0.4, 0.5) is 0 Å². The first-order valence-electron chi connectivity index (χ1n) is 7.04. The van der Waals surface area contributed by atoms with E-state index in [0.717, 1.165) is 12.5 Å². The summed E-state index contributed by atoms with van der Waals surface area (Å²) in [7, 11) is 1.85. The van der Waals surface area contributed by atoms with Gasteiger partial charge in [0.2, 0.25) is 0 Å². The predicted molar refractivity (Wildman–Crippen MR) is 90.9 cm³/mol. The summed E-state index contributed by atoms with van der Waals surface area (Å²) in [6.45, 7) is 7.93. The lowest BCUT2D eigenvalue weighted by Gasteiger charge is -2.26. The molecule has 0 saturated heterocycles. The van der Waals surface area contributed by atoms with E-state index in [4.69, 9.17) is 0 Å². The maximum atomic E-state index is 4.26. The summed E-state index contributed by atoms with van der Waals surface area (Å²) in [4.78, 5) is 4.26.